The fourth-order valence-corrected chi connectivity index (χ4v) is 2.07. The molecule has 0 aliphatic rings. The van der Waals surface area contributed by atoms with E-state index in [9.17, 15) is 9.59 Å². The molecule has 1 heterocycles. The van der Waals surface area contributed by atoms with E-state index in [1.165, 1.54) is 10.9 Å². The number of carboxylic acid groups (broad SMARTS) is 1. The lowest BCUT2D eigenvalue weighted by Gasteiger charge is -2.09. The molecule has 0 unspecified atom stereocenters. The molecular formula is C14H16N4O3. The van der Waals surface area contributed by atoms with Crippen molar-refractivity contribution in [3.63, 3.8) is 0 Å². The van der Waals surface area contributed by atoms with Gasteiger partial charge in [0.2, 0.25) is 0 Å². The van der Waals surface area contributed by atoms with Gasteiger partial charge in [-0.05, 0) is 25.0 Å². The van der Waals surface area contributed by atoms with Crippen molar-refractivity contribution in [2.45, 2.75) is 26.9 Å². The van der Waals surface area contributed by atoms with Gasteiger partial charge < -0.3 is 10.4 Å². The Balaban J connectivity index is 2.01. The molecule has 0 aliphatic carbocycles. The molecule has 0 radical (unpaired) electrons. The number of carbonyl (C=O) groups is 2. The average molecular weight is 288 g/mol. The van der Waals surface area contributed by atoms with E-state index < -0.39 is 5.97 Å². The largest absolute Gasteiger partial charge is 0.480 e. The Morgan fingerprint density at radius 3 is 2.57 bits per heavy atom. The fourth-order valence-electron chi connectivity index (χ4n) is 2.07. The monoisotopic (exact) mass is 288 g/mol. The fraction of sp³-hybridized carbons (Fsp3) is 0.286. The second kappa shape index (κ2) is 6.17. The summed E-state index contributed by atoms with van der Waals surface area (Å²) in [6.45, 7) is 3.71. The van der Waals surface area contributed by atoms with E-state index >= 15 is 0 Å². The molecule has 7 heteroatoms. The van der Waals surface area contributed by atoms with E-state index in [1.54, 1.807) is 0 Å². The van der Waals surface area contributed by atoms with E-state index in [1.807, 2.05) is 32.0 Å². The van der Waals surface area contributed by atoms with Crippen LogP contribution in [0.2, 0.25) is 0 Å². The summed E-state index contributed by atoms with van der Waals surface area (Å²) in [6.07, 6.45) is 1.50. The van der Waals surface area contributed by atoms with Crippen molar-refractivity contribution in [1.82, 2.24) is 20.3 Å². The first-order chi connectivity index (χ1) is 9.97. The van der Waals surface area contributed by atoms with Gasteiger partial charge in [-0.3, -0.25) is 9.59 Å². The maximum atomic E-state index is 12.2. The summed E-state index contributed by atoms with van der Waals surface area (Å²) >= 11 is 0. The van der Waals surface area contributed by atoms with E-state index in [0.717, 1.165) is 11.1 Å². The summed E-state index contributed by atoms with van der Waals surface area (Å²) in [5, 5.41) is 18.9. The van der Waals surface area contributed by atoms with Crippen molar-refractivity contribution in [3.8, 4) is 0 Å². The molecule has 0 bridgehead atoms. The van der Waals surface area contributed by atoms with Gasteiger partial charge in [-0.1, -0.05) is 23.4 Å². The first kappa shape index (κ1) is 14.7. The molecular weight excluding hydrogens is 272 g/mol. The Kier molecular flexibility index (Phi) is 4.32. The van der Waals surface area contributed by atoms with Crippen molar-refractivity contribution < 1.29 is 14.7 Å². The molecule has 1 aromatic heterocycles. The highest BCUT2D eigenvalue weighted by atomic mass is 16.4. The van der Waals surface area contributed by atoms with Gasteiger partial charge in [-0.2, -0.15) is 0 Å². The highest BCUT2D eigenvalue weighted by Gasteiger charge is 2.12. The maximum Gasteiger partial charge on any atom is 0.325 e. The van der Waals surface area contributed by atoms with Crippen LogP contribution < -0.4 is 5.32 Å². The minimum Gasteiger partial charge on any atom is -0.480 e. The number of amides is 1. The molecule has 2 rings (SSSR count). The van der Waals surface area contributed by atoms with E-state index in [0.29, 0.717) is 11.3 Å². The normalized spacial score (nSPS) is 10.4. The summed E-state index contributed by atoms with van der Waals surface area (Å²) in [6, 6.07) is 5.66. The van der Waals surface area contributed by atoms with Gasteiger partial charge in [-0.25, -0.2) is 4.68 Å². The van der Waals surface area contributed by atoms with Crippen molar-refractivity contribution >= 4 is 11.9 Å². The Morgan fingerprint density at radius 1 is 1.29 bits per heavy atom. The molecule has 0 aliphatic heterocycles. The Morgan fingerprint density at radius 2 is 1.95 bits per heavy atom. The number of nitrogens with one attached hydrogen (secondary N) is 1. The van der Waals surface area contributed by atoms with Gasteiger partial charge in [0, 0.05) is 5.56 Å². The molecule has 0 saturated heterocycles. The number of aromatic nitrogens is 3. The molecule has 2 N–H and O–H groups in total. The zero-order valence-corrected chi connectivity index (χ0v) is 11.8. The summed E-state index contributed by atoms with van der Waals surface area (Å²) in [5.41, 5.74) is 2.97. The van der Waals surface area contributed by atoms with Crippen LogP contribution in [0.5, 0.6) is 0 Å². The summed E-state index contributed by atoms with van der Waals surface area (Å²) in [4.78, 5) is 22.7. The number of rotatable bonds is 5. The van der Waals surface area contributed by atoms with Gasteiger partial charge in [-0.15, -0.1) is 5.10 Å². The van der Waals surface area contributed by atoms with Crippen LogP contribution in [-0.2, 0) is 17.9 Å². The second-order valence-electron chi connectivity index (χ2n) is 4.75. The van der Waals surface area contributed by atoms with Gasteiger partial charge in [0.05, 0.1) is 12.7 Å². The maximum absolute atomic E-state index is 12.2. The van der Waals surface area contributed by atoms with Crippen LogP contribution >= 0.6 is 0 Å². The van der Waals surface area contributed by atoms with Crippen LogP contribution in [0, 0.1) is 13.8 Å². The van der Waals surface area contributed by atoms with Crippen LogP contribution in [0.25, 0.3) is 0 Å². The number of hydrogen-bond donors (Lipinski definition) is 2. The number of carboxylic acids is 1. The average Bonchev–Trinajstić information content (AvgIpc) is 2.83. The third kappa shape index (κ3) is 3.65. The molecule has 7 nitrogen and oxygen atoms in total. The highest BCUT2D eigenvalue weighted by Crippen LogP contribution is 2.13. The molecule has 0 fully saturated rings. The summed E-state index contributed by atoms with van der Waals surface area (Å²) in [5.74, 6) is -1.18. The van der Waals surface area contributed by atoms with Crippen LogP contribution in [0.15, 0.2) is 24.4 Å². The second-order valence-corrected chi connectivity index (χ2v) is 4.75. The number of hydrogen-bond acceptors (Lipinski definition) is 4. The Bertz CT molecular complexity index is 658. The minimum atomic E-state index is -0.994. The number of aryl methyl sites for hydroxylation is 2. The van der Waals surface area contributed by atoms with Crippen LogP contribution in [0.3, 0.4) is 0 Å². The lowest BCUT2D eigenvalue weighted by atomic mass is 10.0. The zero-order chi connectivity index (χ0) is 15.4. The third-order valence-electron chi connectivity index (χ3n) is 3.02. The highest BCUT2D eigenvalue weighted by molar-refractivity contribution is 5.96. The number of nitrogens with zero attached hydrogens (tertiary/aromatic N) is 3. The van der Waals surface area contributed by atoms with E-state index in [2.05, 4.69) is 15.6 Å². The molecule has 110 valence electrons. The van der Waals surface area contributed by atoms with Gasteiger partial charge >= 0.3 is 5.97 Å². The SMILES string of the molecule is Cc1cccc(C)c1C(=O)NCc1cn(CC(=O)O)nn1. The van der Waals surface area contributed by atoms with Crippen LogP contribution in [0.4, 0.5) is 0 Å². The number of aliphatic carboxylic acids is 1. The number of benzene rings is 1. The summed E-state index contributed by atoms with van der Waals surface area (Å²) < 4.78 is 1.21. The van der Waals surface area contributed by atoms with Gasteiger partial charge in [0.15, 0.2) is 0 Å². The van der Waals surface area contributed by atoms with Gasteiger partial charge in [0.25, 0.3) is 5.91 Å². The quantitative estimate of drug-likeness (QED) is 0.852. The lowest BCUT2D eigenvalue weighted by Crippen LogP contribution is -2.24. The Hall–Kier alpha value is -2.70. The molecule has 1 aromatic carbocycles. The predicted molar refractivity (Wildman–Crippen MR) is 74.7 cm³/mol. The molecule has 21 heavy (non-hydrogen) atoms. The first-order valence-corrected chi connectivity index (χ1v) is 6.42. The van der Waals surface area contributed by atoms with Crippen molar-refractivity contribution in [2.24, 2.45) is 0 Å². The molecule has 0 atom stereocenters. The zero-order valence-electron chi connectivity index (χ0n) is 11.8. The van der Waals surface area contributed by atoms with E-state index in [4.69, 9.17) is 5.11 Å². The first-order valence-electron chi connectivity index (χ1n) is 6.42. The minimum absolute atomic E-state index is 0.182. The predicted octanol–water partition coefficient (Wildman–Crippen LogP) is 0.910. The molecule has 0 spiro atoms. The van der Waals surface area contributed by atoms with Crippen LogP contribution in [0.1, 0.15) is 27.2 Å². The standard InChI is InChI=1S/C14H16N4O3/c1-9-4-3-5-10(2)13(9)14(21)15-6-11-7-18(17-16-11)8-12(19)20/h3-5,7H,6,8H2,1-2H3,(H,15,21)(H,19,20). The Labute approximate surface area is 121 Å². The van der Waals surface area contributed by atoms with Gasteiger partial charge in [0.1, 0.15) is 12.2 Å². The summed E-state index contributed by atoms with van der Waals surface area (Å²) in [7, 11) is 0. The smallest absolute Gasteiger partial charge is 0.325 e. The van der Waals surface area contributed by atoms with Crippen molar-refractivity contribution in [2.75, 3.05) is 0 Å². The molecule has 2 aromatic rings. The van der Waals surface area contributed by atoms with Crippen LogP contribution in [-0.4, -0.2) is 32.0 Å². The van der Waals surface area contributed by atoms with Crippen molar-refractivity contribution in [1.29, 1.82) is 0 Å². The number of carbonyl (C=O) groups excluding carboxylic acids is 1. The third-order valence-corrected chi connectivity index (χ3v) is 3.02. The molecule has 0 saturated carbocycles. The topological polar surface area (TPSA) is 97.1 Å². The lowest BCUT2D eigenvalue weighted by molar-refractivity contribution is -0.137. The van der Waals surface area contributed by atoms with Crippen molar-refractivity contribution in [3.05, 3.63) is 46.8 Å². The molecule has 1 amide bonds. The van der Waals surface area contributed by atoms with E-state index in [-0.39, 0.29) is 19.0 Å².